The van der Waals surface area contributed by atoms with Crippen molar-refractivity contribution in [2.24, 2.45) is 0 Å². The summed E-state index contributed by atoms with van der Waals surface area (Å²) in [6.45, 7) is 3.43. The summed E-state index contributed by atoms with van der Waals surface area (Å²) in [5, 5.41) is 3.08. The van der Waals surface area contributed by atoms with Gasteiger partial charge in [-0.2, -0.15) is 13.2 Å². The molecule has 12 heteroatoms. The molecular weight excluding hydrogens is 409 g/mol. The number of nitrogens with one attached hydrogen (secondary N) is 1. The van der Waals surface area contributed by atoms with E-state index in [4.69, 9.17) is 0 Å². The second-order valence-electron chi connectivity index (χ2n) is 5.89. The first-order valence-corrected chi connectivity index (χ1v) is 9.61. The van der Waals surface area contributed by atoms with Gasteiger partial charge in [-0.1, -0.05) is 6.92 Å². The Hall–Kier alpha value is -1.85. The minimum atomic E-state index is -4.72. The van der Waals surface area contributed by atoms with Gasteiger partial charge in [0.05, 0.1) is 11.3 Å². The van der Waals surface area contributed by atoms with Gasteiger partial charge in [0.1, 0.15) is 10.6 Å². The zero-order chi connectivity index (χ0) is 19.1. The maximum atomic E-state index is 13.1. The highest BCUT2D eigenvalue weighted by Crippen LogP contribution is 2.32. The molecule has 0 atom stereocenters. The van der Waals surface area contributed by atoms with Crippen LogP contribution in [0.2, 0.25) is 0 Å². The van der Waals surface area contributed by atoms with Crippen molar-refractivity contribution in [1.82, 2.24) is 19.6 Å². The third-order valence-corrected chi connectivity index (χ3v) is 5.91. The fraction of sp³-hybridized carbons (Fsp3) is 0.467. The molecule has 3 heterocycles. The van der Waals surface area contributed by atoms with E-state index in [0.29, 0.717) is 32.2 Å². The van der Waals surface area contributed by atoms with Crippen LogP contribution in [0.15, 0.2) is 23.4 Å². The largest absolute Gasteiger partial charge is 0.417 e. The van der Waals surface area contributed by atoms with Crippen LogP contribution in [0.1, 0.15) is 23.0 Å². The van der Waals surface area contributed by atoms with E-state index in [2.05, 4.69) is 10.3 Å². The van der Waals surface area contributed by atoms with Gasteiger partial charge in [0.15, 0.2) is 15.5 Å². The van der Waals surface area contributed by atoms with Crippen molar-refractivity contribution in [3.63, 3.8) is 0 Å². The number of amides is 1. The van der Waals surface area contributed by atoms with Crippen LogP contribution in [0.5, 0.6) is 0 Å². The van der Waals surface area contributed by atoms with Crippen LogP contribution < -0.4 is 5.32 Å². The molecule has 27 heavy (non-hydrogen) atoms. The number of fused-ring (bicyclic) bond motifs is 1. The molecule has 2 aromatic rings. The first kappa shape index (κ1) is 21.5. The van der Waals surface area contributed by atoms with E-state index in [1.54, 1.807) is 0 Å². The summed E-state index contributed by atoms with van der Waals surface area (Å²) in [5.41, 5.74) is -1.38. The lowest BCUT2D eigenvalue weighted by atomic mass is 10.3. The Labute approximate surface area is 159 Å². The highest BCUT2D eigenvalue weighted by Gasteiger charge is 2.34. The van der Waals surface area contributed by atoms with Gasteiger partial charge in [0.25, 0.3) is 5.91 Å². The van der Waals surface area contributed by atoms with Crippen molar-refractivity contribution < 1.29 is 26.4 Å². The second kappa shape index (κ2) is 7.64. The van der Waals surface area contributed by atoms with Crippen LogP contribution in [0.3, 0.4) is 0 Å². The topological polar surface area (TPSA) is 83.8 Å². The minimum Gasteiger partial charge on any atom is -0.335 e. The predicted molar refractivity (Wildman–Crippen MR) is 93.9 cm³/mol. The van der Waals surface area contributed by atoms with Crippen LogP contribution in [-0.2, 0) is 16.0 Å². The average molecular weight is 427 g/mol. The monoisotopic (exact) mass is 426 g/mol. The van der Waals surface area contributed by atoms with Gasteiger partial charge in [0, 0.05) is 38.6 Å². The van der Waals surface area contributed by atoms with Crippen LogP contribution >= 0.6 is 12.4 Å². The fourth-order valence-electron chi connectivity index (χ4n) is 2.74. The van der Waals surface area contributed by atoms with E-state index in [9.17, 15) is 26.4 Å². The fourth-order valence-corrected chi connectivity index (χ4v) is 3.79. The molecule has 2 aromatic heterocycles. The minimum absolute atomic E-state index is 0. The third kappa shape index (κ3) is 4.19. The molecule has 1 aliphatic rings. The summed E-state index contributed by atoms with van der Waals surface area (Å²) >= 11 is 0. The number of aromatic nitrogens is 2. The van der Waals surface area contributed by atoms with Crippen molar-refractivity contribution in [1.29, 1.82) is 0 Å². The number of sulfone groups is 1. The predicted octanol–water partition coefficient (Wildman–Crippen LogP) is 1.61. The van der Waals surface area contributed by atoms with E-state index in [-0.39, 0.29) is 29.5 Å². The number of rotatable bonds is 3. The summed E-state index contributed by atoms with van der Waals surface area (Å²) in [4.78, 5) is 17.6. The lowest BCUT2D eigenvalue weighted by Crippen LogP contribution is -2.46. The lowest BCUT2D eigenvalue weighted by Gasteiger charge is -2.26. The first-order chi connectivity index (χ1) is 12.1. The third-order valence-electron chi connectivity index (χ3n) is 4.18. The molecule has 0 bridgehead atoms. The zero-order valence-corrected chi connectivity index (χ0v) is 15.9. The summed E-state index contributed by atoms with van der Waals surface area (Å²) in [6.07, 6.45) is -2.84. The molecule has 7 nitrogen and oxygen atoms in total. The van der Waals surface area contributed by atoms with Crippen molar-refractivity contribution in [2.75, 3.05) is 31.9 Å². The summed E-state index contributed by atoms with van der Waals surface area (Å²) in [7, 11) is -3.96. The van der Waals surface area contributed by atoms with Gasteiger partial charge in [-0.05, 0) is 6.07 Å². The normalized spacial score (nSPS) is 15.6. The van der Waals surface area contributed by atoms with Gasteiger partial charge in [-0.25, -0.2) is 13.4 Å². The molecule has 1 N–H and O–H groups in total. The Kier molecular flexibility index (Phi) is 6.07. The zero-order valence-electron chi connectivity index (χ0n) is 14.3. The first-order valence-electron chi connectivity index (χ1n) is 7.96. The molecule has 0 aliphatic carbocycles. The molecule has 1 fully saturated rings. The molecule has 0 radical (unpaired) electrons. The number of alkyl halides is 3. The van der Waals surface area contributed by atoms with Crippen molar-refractivity contribution in [3.05, 3.63) is 29.7 Å². The van der Waals surface area contributed by atoms with Gasteiger partial charge in [-0.15, -0.1) is 12.4 Å². The quantitative estimate of drug-likeness (QED) is 0.806. The van der Waals surface area contributed by atoms with Crippen molar-refractivity contribution >= 4 is 33.8 Å². The standard InChI is InChI=1S/C15H17F3N4O3S.ClH/c1-2-26(24,25)12-7-10(15(16,17)18)8-22-9-11(20-13(12)22)14(23)21-5-3-19-4-6-21;/h7-9,19H,2-6H2,1H3;1H. The molecule has 0 aromatic carbocycles. The van der Waals surface area contributed by atoms with E-state index in [1.165, 1.54) is 11.8 Å². The lowest BCUT2D eigenvalue weighted by molar-refractivity contribution is -0.138. The van der Waals surface area contributed by atoms with Gasteiger partial charge in [-0.3, -0.25) is 4.79 Å². The number of nitrogens with zero attached hydrogens (tertiary/aromatic N) is 3. The maximum absolute atomic E-state index is 13.1. The maximum Gasteiger partial charge on any atom is 0.417 e. The molecule has 0 spiro atoms. The summed E-state index contributed by atoms with van der Waals surface area (Å²) in [5.74, 6) is -0.818. The SMILES string of the molecule is CCS(=O)(=O)c1cc(C(F)(F)F)cn2cc(C(=O)N3CCNCC3)nc12.Cl. The molecule has 1 amide bonds. The highest BCUT2D eigenvalue weighted by atomic mass is 35.5. The molecule has 0 saturated carbocycles. The van der Waals surface area contributed by atoms with Crippen LogP contribution in [0, 0.1) is 0 Å². The number of halogens is 4. The number of carbonyl (C=O) groups excluding carboxylic acids is 1. The van der Waals surface area contributed by atoms with Crippen LogP contribution in [0.4, 0.5) is 13.2 Å². The molecule has 1 saturated heterocycles. The molecule has 0 unspecified atom stereocenters. The number of pyridine rings is 1. The highest BCUT2D eigenvalue weighted by molar-refractivity contribution is 7.91. The summed E-state index contributed by atoms with van der Waals surface area (Å²) in [6, 6.07) is 0.570. The smallest absolute Gasteiger partial charge is 0.335 e. The number of hydrogen-bond acceptors (Lipinski definition) is 5. The Morgan fingerprint density at radius 3 is 2.44 bits per heavy atom. The molecule has 1 aliphatic heterocycles. The van der Waals surface area contributed by atoms with E-state index in [1.807, 2.05) is 0 Å². The number of imidazole rings is 1. The van der Waals surface area contributed by atoms with E-state index >= 15 is 0 Å². The van der Waals surface area contributed by atoms with Gasteiger partial charge >= 0.3 is 6.18 Å². The van der Waals surface area contributed by atoms with Crippen LogP contribution in [-0.4, -0.2) is 60.5 Å². The van der Waals surface area contributed by atoms with Gasteiger partial charge < -0.3 is 14.6 Å². The Morgan fingerprint density at radius 2 is 1.89 bits per heavy atom. The van der Waals surface area contributed by atoms with E-state index in [0.717, 1.165) is 16.8 Å². The van der Waals surface area contributed by atoms with Gasteiger partial charge in [0.2, 0.25) is 0 Å². The second-order valence-corrected chi connectivity index (χ2v) is 8.14. The van der Waals surface area contributed by atoms with E-state index < -0.39 is 32.4 Å². The average Bonchev–Trinajstić information content (AvgIpc) is 3.04. The number of carbonyl (C=O) groups is 1. The number of piperazine rings is 1. The van der Waals surface area contributed by atoms with Crippen molar-refractivity contribution in [2.45, 2.75) is 18.0 Å². The summed E-state index contributed by atoms with van der Waals surface area (Å²) < 4.78 is 64.9. The Morgan fingerprint density at radius 1 is 1.26 bits per heavy atom. The molecular formula is C15H18ClF3N4O3S. The van der Waals surface area contributed by atoms with Crippen molar-refractivity contribution in [3.8, 4) is 0 Å². The number of hydrogen-bond donors (Lipinski definition) is 1. The molecule has 150 valence electrons. The Bertz CT molecular complexity index is 953. The van der Waals surface area contributed by atoms with Crippen LogP contribution in [0.25, 0.3) is 5.65 Å². The molecule has 3 rings (SSSR count). The Balaban J connectivity index is 0.00000261.